The van der Waals surface area contributed by atoms with E-state index in [0.29, 0.717) is 18.6 Å². The number of ether oxygens (including phenoxy) is 2. The zero-order chi connectivity index (χ0) is 14.4. The second-order valence-corrected chi connectivity index (χ2v) is 5.40. The minimum Gasteiger partial charge on any atom is -0.468 e. The molecule has 1 saturated carbocycles. The quantitative estimate of drug-likeness (QED) is 0.736. The van der Waals surface area contributed by atoms with Crippen molar-refractivity contribution in [3.8, 4) is 0 Å². The Morgan fingerprint density at radius 1 is 1.35 bits per heavy atom. The van der Waals surface area contributed by atoms with Gasteiger partial charge in [-0.05, 0) is 12.8 Å². The Labute approximate surface area is 119 Å². The normalized spacial score (nSPS) is 26.6. The van der Waals surface area contributed by atoms with Crippen LogP contribution in [0.3, 0.4) is 0 Å². The second kappa shape index (κ2) is 7.59. The number of hydrogen-bond acceptors (Lipinski definition) is 5. The van der Waals surface area contributed by atoms with Crippen LogP contribution in [-0.2, 0) is 19.1 Å². The van der Waals surface area contributed by atoms with Crippen molar-refractivity contribution in [3.05, 3.63) is 0 Å². The van der Waals surface area contributed by atoms with Gasteiger partial charge in [-0.1, -0.05) is 12.8 Å². The van der Waals surface area contributed by atoms with Crippen LogP contribution in [0.4, 0.5) is 0 Å². The maximum absolute atomic E-state index is 11.7. The van der Waals surface area contributed by atoms with E-state index in [9.17, 15) is 9.59 Å². The minimum absolute atomic E-state index is 0.0511. The van der Waals surface area contributed by atoms with E-state index in [1.807, 2.05) is 0 Å². The van der Waals surface area contributed by atoms with Gasteiger partial charge in [0.05, 0.1) is 19.8 Å². The zero-order valence-electron chi connectivity index (χ0n) is 12.1. The van der Waals surface area contributed by atoms with Crippen LogP contribution in [0.1, 0.15) is 32.1 Å². The van der Waals surface area contributed by atoms with Gasteiger partial charge >= 0.3 is 5.97 Å². The molecule has 0 aromatic rings. The predicted octanol–water partition coefficient (Wildman–Crippen LogP) is 0.309. The van der Waals surface area contributed by atoms with E-state index in [2.05, 4.69) is 15.0 Å². The minimum atomic E-state index is -0.419. The fourth-order valence-corrected chi connectivity index (χ4v) is 3.03. The summed E-state index contributed by atoms with van der Waals surface area (Å²) in [4.78, 5) is 25.0. The predicted molar refractivity (Wildman–Crippen MR) is 73.2 cm³/mol. The topological polar surface area (TPSA) is 67.9 Å². The van der Waals surface area contributed by atoms with Crippen molar-refractivity contribution >= 4 is 11.9 Å². The van der Waals surface area contributed by atoms with Gasteiger partial charge < -0.3 is 14.8 Å². The molecule has 1 aliphatic carbocycles. The van der Waals surface area contributed by atoms with Crippen molar-refractivity contribution < 1.29 is 19.1 Å². The highest BCUT2D eigenvalue weighted by Gasteiger charge is 2.33. The summed E-state index contributed by atoms with van der Waals surface area (Å²) >= 11 is 0. The first-order valence-corrected chi connectivity index (χ1v) is 7.40. The first kappa shape index (κ1) is 15.3. The Hall–Kier alpha value is -1.14. The molecule has 1 aliphatic heterocycles. The number of nitrogens with zero attached hydrogens (tertiary/aromatic N) is 1. The summed E-state index contributed by atoms with van der Waals surface area (Å²) < 4.78 is 10.3. The average molecular weight is 284 g/mol. The van der Waals surface area contributed by atoms with Crippen LogP contribution in [-0.4, -0.2) is 62.3 Å². The van der Waals surface area contributed by atoms with E-state index in [-0.39, 0.29) is 12.5 Å². The zero-order valence-corrected chi connectivity index (χ0v) is 12.1. The van der Waals surface area contributed by atoms with Gasteiger partial charge in [0.25, 0.3) is 0 Å². The van der Waals surface area contributed by atoms with Gasteiger partial charge in [0.15, 0.2) is 0 Å². The summed E-state index contributed by atoms with van der Waals surface area (Å²) in [6.07, 6.45) is 5.55. The van der Waals surface area contributed by atoms with E-state index in [4.69, 9.17) is 4.74 Å². The maximum Gasteiger partial charge on any atom is 0.325 e. The molecule has 2 rings (SSSR count). The molecular weight excluding hydrogens is 260 g/mol. The summed E-state index contributed by atoms with van der Waals surface area (Å²) in [6, 6.07) is 0.464. The average Bonchev–Trinajstić information content (AvgIpc) is 2.50. The monoisotopic (exact) mass is 284 g/mol. The van der Waals surface area contributed by atoms with E-state index < -0.39 is 5.97 Å². The van der Waals surface area contributed by atoms with Crippen molar-refractivity contribution in [2.24, 2.45) is 0 Å². The Morgan fingerprint density at radius 3 is 2.95 bits per heavy atom. The highest BCUT2D eigenvalue weighted by Crippen LogP contribution is 2.28. The third-order valence-electron chi connectivity index (χ3n) is 4.13. The number of rotatable bonds is 5. The van der Waals surface area contributed by atoms with Gasteiger partial charge in [0.1, 0.15) is 6.54 Å². The summed E-state index contributed by atoms with van der Waals surface area (Å²) in [6.45, 7) is 2.33. The van der Waals surface area contributed by atoms with Gasteiger partial charge in [0.2, 0.25) is 5.91 Å². The van der Waals surface area contributed by atoms with E-state index in [0.717, 1.165) is 32.5 Å². The first-order chi connectivity index (χ1) is 9.70. The van der Waals surface area contributed by atoms with Crippen LogP contribution in [0.2, 0.25) is 0 Å². The van der Waals surface area contributed by atoms with Crippen molar-refractivity contribution in [1.29, 1.82) is 0 Å². The van der Waals surface area contributed by atoms with Crippen molar-refractivity contribution in [2.45, 2.75) is 44.2 Å². The summed E-state index contributed by atoms with van der Waals surface area (Å²) in [5.41, 5.74) is 0. The number of carbonyl (C=O) groups excluding carboxylic acids is 2. The molecule has 114 valence electrons. The molecule has 0 aromatic carbocycles. The maximum atomic E-state index is 11.7. The van der Waals surface area contributed by atoms with E-state index >= 15 is 0 Å². The lowest BCUT2D eigenvalue weighted by molar-refractivity contribution is -0.141. The number of nitrogens with one attached hydrogen (secondary N) is 1. The molecule has 1 heterocycles. The first-order valence-electron chi connectivity index (χ1n) is 7.40. The van der Waals surface area contributed by atoms with Gasteiger partial charge in [-0.2, -0.15) is 0 Å². The van der Waals surface area contributed by atoms with Crippen LogP contribution >= 0.6 is 0 Å². The fraction of sp³-hybridized carbons (Fsp3) is 0.857. The van der Waals surface area contributed by atoms with Crippen LogP contribution in [0.5, 0.6) is 0 Å². The van der Waals surface area contributed by atoms with E-state index in [1.54, 1.807) is 0 Å². The largest absolute Gasteiger partial charge is 0.468 e. The number of amides is 1. The molecule has 2 fully saturated rings. The molecule has 1 saturated heterocycles. The van der Waals surface area contributed by atoms with Gasteiger partial charge in [0, 0.05) is 25.6 Å². The second-order valence-electron chi connectivity index (χ2n) is 5.40. The molecule has 0 spiro atoms. The fourth-order valence-electron chi connectivity index (χ4n) is 3.03. The smallest absolute Gasteiger partial charge is 0.325 e. The van der Waals surface area contributed by atoms with Crippen LogP contribution in [0.15, 0.2) is 0 Å². The molecule has 20 heavy (non-hydrogen) atoms. The molecule has 0 aromatic heterocycles. The molecule has 0 bridgehead atoms. The highest BCUT2D eigenvalue weighted by molar-refractivity contribution is 5.81. The molecule has 2 atom stereocenters. The Morgan fingerprint density at radius 2 is 2.15 bits per heavy atom. The number of morpholine rings is 1. The molecular formula is C14H24N2O4. The highest BCUT2D eigenvalue weighted by atomic mass is 16.5. The number of methoxy groups -OCH3 is 1. The SMILES string of the molecule is COC(=O)CNC(=O)CCN1CCO[C@@H]2CCCC[C@H]21. The van der Waals surface area contributed by atoms with Gasteiger partial charge in [-0.25, -0.2) is 0 Å². The summed E-state index contributed by atoms with van der Waals surface area (Å²) in [7, 11) is 1.31. The number of carbonyl (C=O) groups is 2. The number of hydrogen-bond donors (Lipinski definition) is 1. The van der Waals surface area contributed by atoms with Crippen molar-refractivity contribution in [2.75, 3.05) is 33.4 Å². The number of esters is 1. The van der Waals surface area contributed by atoms with Crippen LogP contribution < -0.4 is 5.32 Å². The molecule has 2 aliphatic rings. The molecule has 0 radical (unpaired) electrons. The lowest BCUT2D eigenvalue weighted by Gasteiger charge is -2.43. The van der Waals surface area contributed by atoms with Crippen molar-refractivity contribution in [1.82, 2.24) is 10.2 Å². The molecule has 0 unspecified atom stereocenters. The Kier molecular flexibility index (Phi) is 5.79. The summed E-state index contributed by atoms with van der Waals surface area (Å²) in [5, 5.41) is 2.57. The van der Waals surface area contributed by atoms with Crippen molar-refractivity contribution in [3.63, 3.8) is 0 Å². The molecule has 1 N–H and O–H groups in total. The van der Waals surface area contributed by atoms with Gasteiger partial charge in [-0.15, -0.1) is 0 Å². The van der Waals surface area contributed by atoms with Crippen LogP contribution in [0.25, 0.3) is 0 Å². The third-order valence-corrected chi connectivity index (χ3v) is 4.13. The Bertz CT molecular complexity index is 346. The molecule has 6 heteroatoms. The molecule has 6 nitrogen and oxygen atoms in total. The van der Waals surface area contributed by atoms with Gasteiger partial charge in [-0.3, -0.25) is 14.5 Å². The summed E-state index contributed by atoms with van der Waals surface area (Å²) in [5.74, 6) is -0.522. The van der Waals surface area contributed by atoms with E-state index in [1.165, 1.54) is 20.0 Å². The van der Waals surface area contributed by atoms with Crippen LogP contribution in [0, 0.1) is 0 Å². The molecule has 1 amide bonds. The lowest BCUT2D eigenvalue weighted by atomic mass is 9.90. The number of fused-ring (bicyclic) bond motifs is 1. The Balaban J connectivity index is 1.72. The third kappa shape index (κ3) is 4.18. The standard InChI is InChI=1S/C14H24N2O4/c1-19-14(18)10-15-13(17)6-7-16-8-9-20-12-5-3-2-4-11(12)16/h11-12H,2-10H2,1H3,(H,15,17)/t11-,12-/m1/s1. The lowest BCUT2D eigenvalue weighted by Crippen LogP contribution is -2.53.